The van der Waals surface area contributed by atoms with Gasteiger partial charge in [0.1, 0.15) is 6.54 Å². The second kappa shape index (κ2) is 7.40. The molecule has 0 aromatic heterocycles. The van der Waals surface area contributed by atoms with Crippen molar-refractivity contribution < 1.29 is 32.7 Å². The summed E-state index contributed by atoms with van der Waals surface area (Å²) in [5.41, 5.74) is 0. The summed E-state index contributed by atoms with van der Waals surface area (Å²) in [6.07, 6.45) is -2.58. The van der Waals surface area contributed by atoms with E-state index in [1.54, 1.807) is 4.90 Å². The fourth-order valence-corrected chi connectivity index (χ4v) is 3.39. The maximum absolute atomic E-state index is 12.5. The van der Waals surface area contributed by atoms with Gasteiger partial charge in [-0.2, -0.15) is 13.2 Å². The van der Waals surface area contributed by atoms with Crippen molar-refractivity contribution >= 4 is 17.8 Å². The van der Waals surface area contributed by atoms with Crippen LogP contribution in [0.2, 0.25) is 0 Å². The van der Waals surface area contributed by atoms with Crippen molar-refractivity contribution in [2.75, 3.05) is 26.2 Å². The zero-order chi connectivity index (χ0) is 17.9. The normalized spacial score (nSPS) is 25.2. The molecule has 2 heterocycles. The smallest absolute Gasteiger partial charge is 0.406 e. The van der Waals surface area contributed by atoms with Gasteiger partial charge in [0.05, 0.1) is 5.92 Å². The molecule has 9 heteroatoms. The van der Waals surface area contributed by atoms with Crippen molar-refractivity contribution in [3.8, 4) is 0 Å². The summed E-state index contributed by atoms with van der Waals surface area (Å²) in [5.74, 6) is -2.49. The molecule has 0 aromatic carbocycles. The molecule has 2 amide bonds. The molecule has 2 aliphatic heterocycles. The van der Waals surface area contributed by atoms with E-state index in [1.165, 1.54) is 0 Å². The molecule has 0 aliphatic carbocycles. The Balaban J connectivity index is 1.89. The number of piperidine rings is 1. The highest BCUT2D eigenvalue weighted by molar-refractivity contribution is 5.89. The molecule has 0 aromatic rings. The lowest BCUT2D eigenvalue weighted by molar-refractivity contribution is -0.157. The van der Waals surface area contributed by atoms with Gasteiger partial charge < -0.3 is 14.9 Å². The zero-order valence-corrected chi connectivity index (χ0v) is 13.2. The summed E-state index contributed by atoms with van der Waals surface area (Å²) in [7, 11) is 0. The molecule has 2 fully saturated rings. The maximum Gasteiger partial charge on any atom is 0.406 e. The summed E-state index contributed by atoms with van der Waals surface area (Å²) in [5, 5.41) is 8.73. The number of hydrogen-bond acceptors (Lipinski definition) is 3. The third kappa shape index (κ3) is 5.10. The van der Waals surface area contributed by atoms with Crippen LogP contribution in [0.25, 0.3) is 0 Å². The van der Waals surface area contributed by atoms with Crippen LogP contribution in [0.4, 0.5) is 13.2 Å². The predicted octanol–water partition coefficient (Wildman–Crippen LogP) is 1.50. The zero-order valence-electron chi connectivity index (χ0n) is 13.2. The number of likely N-dealkylation sites (tertiary alicyclic amines) is 2. The molecule has 2 rings (SSSR count). The van der Waals surface area contributed by atoms with Crippen molar-refractivity contribution in [3.05, 3.63) is 0 Å². The summed E-state index contributed by atoms with van der Waals surface area (Å²) < 4.78 is 37.3. The van der Waals surface area contributed by atoms with Gasteiger partial charge in [0.2, 0.25) is 11.8 Å². The van der Waals surface area contributed by atoms with Crippen molar-refractivity contribution in [2.24, 2.45) is 11.8 Å². The van der Waals surface area contributed by atoms with Gasteiger partial charge >= 0.3 is 12.1 Å². The number of carboxylic acid groups (broad SMARTS) is 1. The average molecular weight is 350 g/mol. The van der Waals surface area contributed by atoms with Crippen LogP contribution in [0.1, 0.15) is 32.1 Å². The highest BCUT2D eigenvalue weighted by Gasteiger charge is 2.42. The van der Waals surface area contributed by atoms with Gasteiger partial charge in [0, 0.05) is 32.5 Å². The minimum absolute atomic E-state index is 0.0357. The van der Waals surface area contributed by atoms with Crippen LogP contribution in [-0.2, 0) is 14.4 Å². The Labute approximate surface area is 137 Å². The Morgan fingerprint density at radius 1 is 1.25 bits per heavy atom. The van der Waals surface area contributed by atoms with Crippen LogP contribution in [0.5, 0.6) is 0 Å². The van der Waals surface area contributed by atoms with E-state index in [0.717, 1.165) is 12.8 Å². The van der Waals surface area contributed by atoms with E-state index in [0.29, 0.717) is 24.4 Å². The lowest BCUT2D eigenvalue weighted by Gasteiger charge is -2.34. The number of carboxylic acids is 1. The van der Waals surface area contributed by atoms with Crippen LogP contribution in [0, 0.1) is 11.8 Å². The first-order valence-corrected chi connectivity index (χ1v) is 8.01. The predicted molar refractivity (Wildman–Crippen MR) is 76.9 cm³/mol. The second-order valence-electron chi connectivity index (χ2n) is 6.52. The van der Waals surface area contributed by atoms with Crippen molar-refractivity contribution in [3.63, 3.8) is 0 Å². The summed E-state index contributed by atoms with van der Waals surface area (Å²) in [4.78, 5) is 37.1. The molecule has 0 spiro atoms. The number of amides is 2. The van der Waals surface area contributed by atoms with Crippen molar-refractivity contribution in [1.82, 2.24) is 9.80 Å². The molecule has 2 atom stereocenters. The Hall–Kier alpha value is -1.80. The molecule has 1 N–H and O–H groups in total. The van der Waals surface area contributed by atoms with Gasteiger partial charge in [-0.25, -0.2) is 0 Å². The molecule has 0 bridgehead atoms. The monoisotopic (exact) mass is 350 g/mol. The van der Waals surface area contributed by atoms with Crippen LogP contribution in [0.15, 0.2) is 0 Å². The number of halogens is 3. The highest BCUT2D eigenvalue weighted by atomic mass is 19.4. The molecule has 136 valence electrons. The van der Waals surface area contributed by atoms with E-state index < -0.39 is 30.5 Å². The number of hydrogen-bond donors (Lipinski definition) is 1. The number of alkyl halides is 3. The summed E-state index contributed by atoms with van der Waals surface area (Å²) >= 11 is 0. The Bertz CT molecular complexity index is 509. The molecule has 2 unspecified atom stereocenters. The quantitative estimate of drug-likeness (QED) is 0.815. The minimum Gasteiger partial charge on any atom is -0.481 e. The fourth-order valence-electron chi connectivity index (χ4n) is 3.39. The number of carbonyl (C=O) groups is 3. The number of rotatable bonds is 5. The van der Waals surface area contributed by atoms with Gasteiger partial charge in [0.25, 0.3) is 0 Å². The standard InChI is InChI=1S/C15H21F3N2O4/c16-15(17,18)9-20-8-11(6-12(20)21)14(24)19-5-1-2-10(7-19)3-4-13(22)23/h10-11H,1-9H2,(H,22,23). The molecule has 24 heavy (non-hydrogen) atoms. The highest BCUT2D eigenvalue weighted by Crippen LogP contribution is 2.27. The summed E-state index contributed by atoms with van der Waals surface area (Å²) in [6, 6.07) is 0. The van der Waals surface area contributed by atoms with E-state index in [4.69, 9.17) is 5.11 Å². The van der Waals surface area contributed by atoms with Crippen molar-refractivity contribution in [2.45, 2.75) is 38.3 Å². The SMILES string of the molecule is O=C(O)CCC1CCCN(C(=O)C2CC(=O)N(CC(F)(F)F)C2)C1. The van der Waals surface area contributed by atoms with Gasteiger partial charge in [-0.05, 0) is 25.2 Å². The number of carbonyl (C=O) groups excluding carboxylic acids is 2. The average Bonchev–Trinajstić information content (AvgIpc) is 2.84. The van der Waals surface area contributed by atoms with Crippen molar-refractivity contribution in [1.29, 1.82) is 0 Å². The number of aliphatic carboxylic acids is 1. The third-order valence-corrected chi connectivity index (χ3v) is 4.53. The summed E-state index contributed by atoms with van der Waals surface area (Å²) in [6.45, 7) is -0.604. The Kier molecular flexibility index (Phi) is 5.71. The van der Waals surface area contributed by atoms with Crippen LogP contribution < -0.4 is 0 Å². The topological polar surface area (TPSA) is 77.9 Å². The van der Waals surface area contributed by atoms with E-state index in [2.05, 4.69) is 0 Å². The number of nitrogens with zero attached hydrogens (tertiary/aromatic N) is 2. The lowest BCUT2D eigenvalue weighted by atomic mass is 9.92. The van der Waals surface area contributed by atoms with Gasteiger partial charge in [-0.3, -0.25) is 14.4 Å². The van der Waals surface area contributed by atoms with E-state index in [9.17, 15) is 27.6 Å². The van der Waals surface area contributed by atoms with Crippen LogP contribution >= 0.6 is 0 Å². The third-order valence-electron chi connectivity index (χ3n) is 4.53. The fraction of sp³-hybridized carbons (Fsp3) is 0.800. The van der Waals surface area contributed by atoms with Crippen LogP contribution in [-0.4, -0.2) is 65.0 Å². The van der Waals surface area contributed by atoms with Crippen LogP contribution in [0.3, 0.4) is 0 Å². The second-order valence-corrected chi connectivity index (χ2v) is 6.52. The molecule has 2 aliphatic rings. The first-order valence-electron chi connectivity index (χ1n) is 8.01. The minimum atomic E-state index is -4.47. The lowest BCUT2D eigenvalue weighted by Crippen LogP contribution is -2.44. The van der Waals surface area contributed by atoms with E-state index in [-0.39, 0.29) is 31.2 Å². The molecule has 0 radical (unpaired) electrons. The molecular formula is C15H21F3N2O4. The van der Waals surface area contributed by atoms with Gasteiger partial charge in [0.15, 0.2) is 0 Å². The Morgan fingerprint density at radius 2 is 1.96 bits per heavy atom. The first kappa shape index (κ1) is 18.5. The largest absolute Gasteiger partial charge is 0.481 e. The molecule has 0 saturated carbocycles. The van der Waals surface area contributed by atoms with E-state index in [1.807, 2.05) is 0 Å². The molecule has 6 nitrogen and oxygen atoms in total. The van der Waals surface area contributed by atoms with Gasteiger partial charge in [-0.1, -0.05) is 0 Å². The Morgan fingerprint density at radius 3 is 2.58 bits per heavy atom. The molecule has 2 saturated heterocycles. The molecular weight excluding hydrogens is 329 g/mol. The first-order chi connectivity index (χ1) is 11.2. The van der Waals surface area contributed by atoms with Gasteiger partial charge in [-0.15, -0.1) is 0 Å². The van der Waals surface area contributed by atoms with E-state index >= 15 is 0 Å². The maximum atomic E-state index is 12.5.